The van der Waals surface area contributed by atoms with Gasteiger partial charge in [0, 0.05) is 11.1 Å². The molecule has 0 radical (unpaired) electrons. The number of carboxylic acids is 1. The second kappa shape index (κ2) is 7.11. The molecule has 1 aromatic rings. The summed E-state index contributed by atoms with van der Waals surface area (Å²) in [6, 6.07) is 7.65. The highest BCUT2D eigenvalue weighted by Gasteiger charge is 2.10. The summed E-state index contributed by atoms with van der Waals surface area (Å²) in [5.41, 5.74) is 3.44. The maximum atomic E-state index is 10.6. The molecule has 1 aromatic carbocycles. The monoisotopic (exact) mass is 288 g/mol. The van der Waals surface area contributed by atoms with E-state index in [-0.39, 0.29) is 0 Å². The van der Waals surface area contributed by atoms with Crippen LogP contribution in [0, 0.1) is 0 Å². The minimum Gasteiger partial charge on any atom is -0.478 e. The van der Waals surface area contributed by atoms with Crippen LogP contribution in [0.4, 0.5) is 0 Å². The van der Waals surface area contributed by atoms with Crippen molar-refractivity contribution in [3.8, 4) is 0 Å². The molecule has 0 fully saturated rings. The van der Waals surface area contributed by atoms with E-state index in [1.165, 1.54) is 18.4 Å². The maximum absolute atomic E-state index is 10.6. The Hall–Kier alpha value is -1.80. The van der Waals surface area contributed by atoms with E-state index in [0.29, 0.717) is 5.02 Å². The van der Waals surface area contributed by atoms with Gasteiger partial charge in [-0.15, -0.1) is 0 Å². The minimum absolute atomic E-state index is 0.701. The molecule has 0 aliphatic heterocycles. The Morgan fingerprint density at radius 2 is 1.95 bits per heavy atom. The van der Waals surface area contributed by atoms with Crippen LogP contribution in [0.5, 0.6) is 0 Å². The minimum atomic E-state index is -0.936. The number of halogens is 1. The topological polar surface area (TPSA) is 37.3 Å². The van der Waals surface area contributed by atoms with Crippen LogP contribution in [0.2, 0.25) is 5.02 Å². The van der Waals surface area contributed by atoms with E-state index in [9.17, 15) is 4.79 Å². The standard InChI is InChI=1S/C17H17ClO2/c18-15-11-9-14(10-12-15)16(7-4-8-17(19)20)13-5-2-1-3-6-13/h4-5,7-12H,1-3,6H2,(H,19,20). The average molecular weight is 289 g/mol. The summed E-state index contributed by atoms with van der Waals surface area (Å²) in [5.74, 6) is -0.936. The summed E-state index contributed by atoms with van der Waals surface area (Å²) in [4.78, 5) is 10.6. The molecular weight excluding hydrogens is 272 g/mol. The van der Waals surface area contributed by atoms with Crippen LogP contribution in [0.1, 0.15) is 31.2 Å². The van der Waals surface area contributed by atoms with Crippen molar-refractivity contribution in [2.75, 3.05) is 0 Å². The van der Waals surface area contributed by atoms with Crippen molar-refractivity contribution in [3.63, 3.8) is 0 Å². The van der Waals surface area contributed by atoms with Gasteiger partial charge in [-0.05, 0) is 54.5 Å². The normalized spacial score (nSPS) is 16.2. The van der Waals surface area contributed by atoms with Crippen molar-refractivity contribution in [1.82, 2.24) is 0 Å². The number of carbonyl (C=O) groups is 1. The van der Waals surface area contributed by atoms with Gasteiger partial charge in [0.1, 0.15) is 0 Å². The van der Waals surface area contributed by atoms with E-state index in [2.05, 4.69) is 6.08 Å². The fraction of sp³-hybridized carbons (Fsp3) is 0.235. The predicted octanol–water partition coefficient (Wildman–Crippen LogP) is 4.86. The molecule has 0 spiro atoms. The first-order chi connectivity index (χ1) is 9.66. The molecule has 2 rings (SSSR count). The molecule has 20 heavy (non-hydrogen) atoms. The number of benzene rings is 1. The van der Waals surface area contributed by atoms with Crippen LogP contribution in [0.25, 0.3) is 5.57 Å². The molecule has 0 bridgehead atoms. The van der Waals surface area contributed by atoms with Gasteiger partial charge in [0.25, 0.3) is 0 Å². The molecule has 0 saturated carbocycles. The third kappa shape index (κ3) is 4.10. The van der Waals surface area contributed by atoms with Gasteiger partial charge in [0.15, 0.2) is 0 Å². The van der Waals surface area contributed by atoms with Crippen molar-refractivity contribution in [3.05, 3.63) is 64.7 Å². The zero-order chi connectivity index (χ0) is 14.4. The van der Waals surface area contributed by atoms with Crippen LogP contribution in [0.3, 0.4) is 0 Å². The Morgan fingerprint density at radius 1 is 1.20 bits per heavy atom. The fourth-order valence-electron chi connectivity index (χ4n) is 2.33. The van der Waals surface area contributed by atoms with Crippen LogP contribution in [-0.2, 0) is 4.79 Å². The van der Waals surface area contributed by atoms with Crippen LogP contribution in [0.15, 0.2) is 54.1 Å². The van der Waals surface area contributed by atoms with Gasteiger partial charge in [-0.1, -0.05) is 42.0 Å². The third-order valence-corrected chi connectivity index (χ3v) is 3.55. The Bertz CT molecular complexity index is 565. The molecule has 1 aliphatic carbocycles. The summed E-state index contributed by atoms with van der Waals surface area (Å²) in [5, 5.41) is 9.40. The van der Waals surface area contributed by atoms with Crippen LogP contribution < -0.4 is 0 Å². The largest absolute Gasteiger partial charge is 0.478 e. The molecule has 1 N–H and O–H groups in total. The number of hydrogen-bond acceptors (Lipinski definition) is 1. The van der Waals surface area contributed by atoms with Crippen LogP contribution >= 0.6 is 11.6 Å². The smallest absolute Gasteiger partial charge is 0.328 e. The van der Waals surface area contributed by atoms with Crippen molar-refractivity contribution in [1.29, 1.82) is 0 Å². The number of allylic oxidation sites excluding steroid dienone is 5. The highest BCUT2D eigenvalue weighted by Crippen LogP contribution is 2.31. The van der Waals surface area contributed by atoms with E-state index in [0.717, 1.165) is 30.1 Å². The molecule has 0 heterocycles. The van der Waals surface area contributed by atoms with Crippen molar-refractivity contribution in [2.45, 2.75) is 25.7 Å². The molecule has 2 nitrogen and oxygen atoms in total. The van der Waals surface area contributed by atoms with Crippen molar-refractivity contribution < 1.29 is 9.90 Å². The average Bonchev–Trinajstić information content (AvgIpc) is 2.46. The Balaban J connectivity index is 2.35. The second-order valence-electron chi connectivity index (χ2n) is 4.76. The fourth-order valence-corrected chi connectivity index (χ4v) is 2.45. The van der Waals surface area contributed by atoms with Gasteiger partial charge in [-0.3, -0.25) is 0 Å². The molecule has 0 atom stereocenters. The lowest BCUT2D eigenvalue weighted by Crippen LogP contribution is -1.96. The van der Waals surface area contributed by atoms with E-state index < -0.39 is 5.97 Å². The predicted molar refractivity (Wildman–Crippen MR) is 82.8 cm³/mol. The molecule has 0 aromatic heterocycles. The lowest BCUT2D eigenvalue weighted by Gasteiger charge is -2.16. The summed E-state index contributed by atoms with van der Waals surface area (Å²) < 4.78 is 0. The first kappa shape index (κ1) is 14.6. The molecular formula is C17H17ClO2. The van der Waals surface area contributed by atoms with Gasteiger partial charge >= 0.3 is 5.97 Å². The molecule has 0 unspecified atom stereocenters. The molecule has 0 saturated heterocycles. The first-order valence-electron chi connectivity index (χ1n) is 6.73. The summed E-state index contributed by atoms with van der Waals surface area (Å²) in [7, 11) is 0. The highest BCUT2D eigenvalue weighted by molar-refractivity contribution is 6.30. The lowest BCUT2D eigenvalue weighted by atomic mass is 9.89. The van der Waals surface area contributed by atoms with Crippen molar-refractivity contribution in [2.24, 2.45) is 0 Å². The number of hydrogen-bond donors (Lipinski definition) is 1. The number of rotatable bonds is 4. The Labute approximate surface area is 124 Å². The van der Waals surface area contributed by atoms with E-state index in [4.69, 9.17) is 16.7 Å². The van der Waals surface area contributed by atoms with Gasteiger partial charge in [-0.2, -0.15) is 0 Å². The summed E-state index contributed by atoms with van der Waals surface area (Å²) >= 11 is 5.92. The van der Waals surface area contributed by atoms with E-state index in [1.54, 1.807) is 6.08 Å². The van der Waals surface area contributed by atoms with Gasteiger partial charge in [0.05, 0.1) is 0 Å². The Morgan fingerprint density at radius 3 is 2.55 bits per heavy atom. The maximum Gasteiger partial charge on any atom is 0.328 e. The van der Waals surface area contributed by atoms with Gasteiger partial charge in [-0.25, -0.2) is 4.79 Å². The molecule has 1 aliphatic rings. The lowest BCUT2D eigenvalue weighted by molar-refractivity contribution is -0.131. The van der Waals surface area contributed by atoms with Gasteiger partial charge < -0.3 is 5.11 Å². The molecule has 3 heteroatoms. The third-order valence-electron chi connectivity index (χ3n) is 3.29. The Kier molecular flexibility index (Phi) is 5.19. The molecule has 104 valence electrons. The van der Waals surface area contributed by atoms with Gasteiger partial charge in [0.2, 0.25) is 0 Å². The van der Waals surface area contributed by atoms with Crippen LogP contribution in [-0.4, -0.2) is 11.1 Å². The quantitative estimate of drug-likeness (QED) is 0.634. The second-order valence-corrected chi connectivity index (χ2v) is 5.20. The zero-order valence-electron chi connectivity index (χ0n) is 11.2. The first-order valence-corrected chi connectivity index (χ1v) is 7.11. The van der Waals surface area contributed by atoms with E-state index >= 15 is 0 Å². The summed E-state index contributed by atoms with van der Waals surface area (Å²) in [6.45, 7) is 0. The van der Waals surface area contributed by atoms with E-state index in [1.807, 2.05) is 30.3 Å². The molecule has 0 amide bonds. The number of carboxylic acid groups (broad SMARTS) is 1. The SMILES string of the molecule is O=C(O)C=CC=C(C1=CCCCC1)c1ccc(Cl)cc1. The highest BCUT2D eigenvalue weighted by atomic mass is 35.5. The van der Waals surface area contributed by atoms with Crippen molar-refractivity contribution >= 4 is 23.1 Å². The number of aliphatic carboxylic acids is 1. The summed E-state index contributed by atoms with van der Waals surface area (Å²) in [6.07, 6.45) is 11.4. The zero-order valence-corrected chi connectivity index (χ0v) is 11.9.